The number of ether oxygens (including phenoxy) is 1. The van der Waals surface area contributed by atoms with Crippen molar-refractivity contribution in [2.75, 3.05) is 7.11 Å². The van der Waals surface area contributed by atoms with Crippen LogP contribution < -0.4 is 0 Å². The summed E-state index contributed by atoms with van der Waals surface area (Å²) in [4.78, 5) is 12.2. The van der Waals surface area contributed by atoms with Crippen LogP contribution in [0.4, 0.5) is 4.39 Å². The van der Waals surface area contributed by atoms with Crippen molar-refractivity contribution in [1.29, 1.82) is 0 Å². The van der Waals surface area contributed by atoms with Crippen LogP contribution in [0.3, 0.4) is 0 Å². The van der Waals surface area contributed by atoms with Crippen molar-refractivity contribution >= 4 is 5.78 Å². The molecule has 0 radical (unpaired) electrons. The molecule has 0 aliphatic heterocycles. The zero-order valence-electron chi connectivity index (χ0n) is 9.97. The van der Waals surface area contributed by atoms with Gasteiger partial charge in [-0.25, -0.2) is 4.39 Å². The number of hydrogen-bond acceptors (Lipinski definition) is 2. The second kappa shape index (κ2) is 5.56. The van der Waals surface area contributed by atoms with E-state index in [4.69, 9.17) is 4.74 Å². The molecule has 0 saturated heterocycles. The maximum absolute atomic E-state index is 12.8. The Morgan fingerprint density at radius 3 is 2.22 bits per heavy atom. The van der Waals surface area contributed by atoms with E-state index in [1.165, 1.54) is 31.4 Å². The lowest BCUT2D eigenvalue weighted by Gasteiger charge is -2.14. The van der Waals surface area contributed by atoms with Crippen LogP contribution in [0.25, 0.3) is 0 Å². The molecule has 3 heteroatoms. The molecule has 0 bridgehead atoms. The fourth-order valence-corrected chi connectivity index (χ4v) is 1.79. The van der Waals surface area contributed by atoms with Gasteiger partial charge in [-0.2, -0.15) is 0 Å². The van der Waals surface area contributed by atoms with E-state index in [0.717, 1.165) is 5.56 Å². The highest BCUT2D eigenvalue weighted by molar-refractivity contribution is 6.00. The molecule has 0 fully saturated rings. The number of carbonyl (C=O) groups is 1. The van der Waals surface area contributed by atoms with Crippen LogP contribution in [0.5, 0.6) is 0 Å². The highest BCUT2D eigenvalue weighted by Gasteiger charge is 2.21. The third-order valence-electron chi connectivity index (χ3n) is 2.70. The highest BCUT2D eigenvalue weighted by atomic mass is 19.1. The Morgan fingerprint density at radius 2 is 1.67 bits per heavy atom. The van der Waals surface area contributed by atoms with Crippen LogP contribution in [0.15, 0.2) is 54.6 Å². The fourth-order valence-electron chi connectivity index (χ4n) is 1.79. The number of hydrogen-bond donors (Lipinski definition) is 0. The van der Waals surface area contributed by atoms with E-state index in [1.807, 2.05) is 30.3 Å². The van der Waals surface area contributed by atoms with Gasteiger partial charge in [0.2, 0.25) is 0 Å². The first-order chi connectivity index (χ1) is 8.72. The van der Waals surface area contributed by atoms with Crippen molar-refractivity contribution in [2.24, 2.45) is 0 Å². The Hall–Kier alpha value is -2.00. The largest absolute Gasteiger partial charge is 0.369 e. The van der Waals surface area contributed by atoms with E-state index in [0.29, 0.717) is 5.56 Å². The van der Waals surface area contributed by atoms with Gasteiger partial charge in [0, 0.05) is 12.7 Å². The summed E-state index contributed by atoms with van der Waals surface area (Å²) >= 11 is 0. The Balaban J connectivity index is 2.28. The predicted molar refractivity (Wildman–Crippen MR) is 66.9 cm³/mol. The zero-order chi connectivity index (χ0) is 13.0. The molecule has 2 aromatic carbocycles. The molecular weight excluding hydrogens is 231 g/mol. The second-order valence-electron chi connectivity index (χ2n) is 3.90. The first-order valence-corrected chi connectivity index (χ1v) is 5.60. The minimum atomic E-state index is -0.656. The summed E-state index contributed by atoms with van der Waals surface area (Å²) in [5, 5.41) is 0. The summed E-state index contributed by atoms with van der Waals surface area (Å²) in [6, 6.07) is 14.7. The van der Waals surface area contributed by atoms with Crippen LogP contribution in [0, 0.1) is 5.82 Å². The number of carbonyl (C=O) groups excluding carboxylic acids is 1. The van der Waals surface area contributed by atoms with Crippen LogP contribution >= 0.6 is 0 Å². The van der Waals surface area contributed by atoms with Gasteiger partial charge < -0.3 is 4.74 Å². The Bertz CT molecular complexity index is 520. The van der Waals surface area contributed by atoms with Gasteiger partial charge in [0.05, 0.1) is 0 Å². The number of Topliss-reactive ketones (excluding diaryl/α,β-unsaturated/α-hetero) is 1. The molecule has 0 saturated carbocycles. The van der Waals surface area contributed by atoms with Gasteiger partial charge in [0.1, 0.15) is 11.9 Å². The summed E-state index contributed by atoms with van der Waals surface area (Å²) in [6.07, 6.45) is -0.656. The third-order valence-corrected chi connectivity index (χ3v) is 2.70. The number of benzene rings is 2. The standard InChI is InChI=1S/C15H13FO2/c1-18-15(12-5-3-2-4-6-12)14(17)11-7-9-13(16)10-8-11/h2-10,15H,1H3. The van der Waals surface area contributed by atoms with E-state index in [-0.39, 0.29) is 11.6 Å². The van der Waals surface area contributed by atoms with Gasteiger partial charge in [-0.3, -0.25) is 4.79 Å². The minimum Gasteiger partial charge on any atom is -0.369 e. The average molecular weight is 244 g/mol. The molecule has 2 nitrogen and oxygen atoms in total. The van der Waals surface area contributed by atoms with Crippen LogP contribution in [-0.4, -0.2) is 12.9 Å². The first kappa shape index (κ1) is 12.5. The normalized spacial score (nSPS) is 12.1. The van der Waals surface area contributed by atoms with Gasteiger partial charge in [0.15, 0.2) is 5.78 Å². The van der Waals surface area contributed by atoms with Crippen molar-refractivity contribution in [3.63, 3.8) is 0 Å². The SMILES string of the molecule is COC(C(=O)c1ccc(F)cc1)c1ccccc1. The van der Waals surface area contributed by atoms with Crippen molar-refractivity contribution in [1.82, 2.24) is 0 Å². The van der Waals surface area contributed by atoms with Crippen LogP contribution in [-0.2, 0) is 4.74 Å². The van der Waals surface area contributed by atoms with Gasteiger partial charge in [0.25, 0.3) is 0 Å². The lowest BCUT2D eigenvalue weighted by Crippen LogP contribution is -2.14. The summed E-state index contributed by atoms with van der Waals surface area (Å²) < 4.78 is 18.1. The van der Waals surface area contributed by atoms with E-state index >= 15 is 0 Å². The van der Waals surface area contributed by atoms with Gasteiger partial charge in [-0.1, -0.05) is 30.3 Å². The molecule has 1 unspecified atom stereocenters. The van der Waals surface area contributed by atoms with Gasteiger partial charge in [-0.15, -0.1) is 0 Å². The maximum atomic E-state index is 12.8. The Labute approximate surface area is 105 Å². The summed E-state index contributed by atoms with van der Waals surface area (Å²) in [5.74, 6) is -0.538. The molecule has 0 aliphatic rings. The van der Waals surface area contributed by atoms with E-state index in [1.54, 1.807) is 0 Å². The minimum absolute atomic E-state index is 0.177. The van der Waals surface area contributed by atoms with Crippen molar-refractivity contribution in [2.45, 2.75) is 6.10 Å². The van der Waals surface area contributed by atoms with E-state index < -0.39 is 6.10 Å². The lowest BCUT2D eigenvalue weighted by atomic mass is 10.00. The number of methoxy groups -OCH3 is 1. The average Bonchev–Trinajstić information content (AvgIpc) is 2.41. The second-order valence-corrected chi connectivity index (χ2v) is 3.90. The fraction of sp³-hybridized carbons (Fsp3) is 0.133. The highest BCUT2D eigenvalue weighted by Crippen LogP contribution is 2.21. The van der Waals surface area contributed by atoms with Crippen LogP contribution in [0.2, 0.25) is 0 Å². The van der Waals surface area contributed by atoms with Crippen molar-refractivity contribution < 1.29 is 13.9 Å². The lowest BCUT2D eigenvalue weighted by molar-refractivity contribution is 0.0604. The molecule has 0 heterocycles. The van der Waals surface area contributed by atoms with Gasteiger partial charge in [-0.05, 0) is 29.8 Å². The summed E-state index contributed by atoms with van der Waals surface area (Å²) in [5.41, 5.74) is 1.22. The first-order valence-electron chi connectivity index (χ1n) is 5.60. The van der Waals surface area contributed by atoms with Crippen LogP contribution in [0.1, 0.15) is 22.0 Å². The molecule has 0 N–H and O–H groups in total. The van der Waals surface area contributed by atoms with Gasteiger partial charge >= 0.3 is 0 Å². The molecule has 0 amide bonds. The molecule has 1 atom stereocenters. The third kappa shape index (κ3) is 2.63. The zero-order valence-corrected chi connectivity index (χ0v) is 9.97. The molecule has 0 spiro atoms. The Morgan fingerprint density at radius 1 is 1.06 bits per heavy atom. The molecule has 2 rings (SSSR count). The van der Waals surface area contributed by atoms with Crippen molar-refractivity contribution in [3.05, 3.63) is 71.5 Å². The van der Waals surface area contributed by atoms with E-state index in [9.17, 15) is 9.18 Å². The monoisotopic (exact) mass is 244 g/mol. The number of ketones is 1. The molecule has 18 heavy (non-hydrogen) atoms. The molecular formula is C15H13FO2. The predicted octanol–water partition coefficient (Wildman–Crippen LogP) is 3.40. The number of rotatable bonds is 4. The molecule has 92 valence electrons. The smallest absolute Gasteiger partial charge is 0.196 e. The number of halogens is 1. The summed E-state index contributed by atoms with van der Waals surface area (Å²) in [6.45, 7) is 0. The Kier molecular flexibility index (Phi) is 3.85. The van der Waals surface area contributed by atoms with Crippen molar-refractivity contribution in [3.8, 4) is 0 Å². The topological polar surface area (TPSA) is 26.3 Å². The maximum Gasteiger partial charge on any atom is 0.196 e. The molecule has 0 aromatic heterocycles. The van der Waals surface area contributed by atoms with E-state index in [2.05, 4.69) is 0 Å². The molecule has 0 aliphatic carbocycles. The quantitative estimate of drug-likeness (QED) is 0.770. The molecule has 2 aromatic rings. The summed E-state index contributed by atoms with van der Waals surface area (Å²) in [7, 11) is 1.49.